The molecule has 2 nitrogen and oxygen atoms in total. The molecule has 0 fully saturated rings. The zero-order chi connectivity index (χ0) is 13.8. The number of thiophene rings is 1. The predicted octanol–water partition coefficient (Wildman–Crippen LogP) is 4.17. The van der Waals surface area contributed by atoms with Crippen molar-refractivity contribution in [3.05, 3.63) is 51.2 Å². The van der Waals surface area contributed by atoms with E-state index in [1.807, 2.05) is 25.5 Å². The first-order valence-electron chi connectivity index (χ1n) is 6.37. The molecule has 0 bridgehead atoms. The molecule has 0 aliphatic rings. The molecule has 1 N–H and O–H groups in total. The van der Waals surface area contributed by atoms with E-state index in [9.17, 15) is 0 Å². The zero-order valence-corrected chi connectivity index (χ0v) is 13.1. The standard InChI is InChI=1S/C15H19ClN2S/c1-4-17-14(15-13(16)9-10-19-15)11-5-7-12(8-6-11)18(2)3/h5-10,14,17H,4H2,1-3H3. The van der Waals surface area contributed by atoms with Gasteiger partial charge in [-0.1, -0.05) is 30.7 Å². The minimum atomic E-state index is 0.175. The Morgan fingerprint density at radius 1 is 1.21 bits per heavy atom. The fourth-order valence-electron chi connectivity index (χ4n) is 2.04. The minimum absolute atomic E-state index is 0.175. The van der Waals surface area contributed by atoms with E-state index in [-0.39, 0.29) is 6.04 Å². The molecule has 0 aliphatic heterocycles. The number of anilines is 1. The molecule has 2 rings (SSSR count). The molecule has 0 saturated heterocycles. The van der Waals surface area contributed by atoms with Crippen molar-refractivity contribution in [2.75, 3.05) is 25.5 Å². The van der Waals surface area contributed by atoms with Crippen molar-refractivity contribution in [3.63, 3.8) is 0 Å². The van der Waals surface area contributed by atoms with Gasteiger partial charge in [0.2, 0.25) is 0 Å². The first-order chi connectivity index (χ1) is 9.13. The fourth-order valence-corrected chi connectivity index (χ4v) is 3.31. The number of nitrogens with zero attached hydrogens (tertiary/aromatic N) is 1. The SMILES string of the molecule is CCNC(c1ccc(N(C)C)cc1)c1sccc1Cl. The molecule has 0 radical (unpaired) electrons. The Hall–Kier alpha value is -1.03. The first kappa shape index (κ1) is 14.4. The second-order valence-corrected chi connectivity index (χ2v) is 5.96. The van der Waals surface area contributed by atoms with Crippen molar-refractivity contribution in [1.29, 1.82) is 0 Å². The Balaban J connectivity index is 2.31. The molecule has 0 spiro atoms. The number of halogens is 1. The van der Waals surface area contributed by atoms with Gasteiger partial charge in [-0.2, -0.15) is 0 Å². The van der Waals surface area contributed by atoms with E-state index in [1.165, 1.54) is 16.1 Å². The lowest BCUT2D eigenvalue weighted by molar-refractivity contribution is 0.640. The van der Waals surface area contributed by atoms with Gasteiger partial charge in [-0.25, -0.2) is 0 Å². The van der Waals surface area contributed by atoms with E-state index in [1.54, 1.807) is 11.3 Å². The Morgan fingerprint density at radius 3 is 2.37 bits per heavy atom. The molecule has 1 unspecified atom stereocenters. The summed E-state index contributed by atoms with van der Waals surface area (Å²) < 4.78 is 0. The molecule has 1 aromatic carbocycles. The van der Waals surface area contributed by atoms with E-state index in [4.69, 9.17) is 11.6 Å². The summed E-state index contributed by atoms with van der Waals surface area (Å²) in [7, 11) is 4.10. The van der Waals surface area contributed by atoms with Gasteiger partial charge in [0.1, 0.15) is 0 Å². The average Bonchev–Trinajstić information content (AvgIpc) is 2.82. The van der Waals surface area contributed by atoms with Gasteiger partial charge >= 0.3 is 0 Å². The normalized spacial score (nSPS) is 12.4. The second-order valence-electron chi connectivity index (χ2n) is 4.61. The van der Waals surface area contributed by atoms with Gasteiger partial charge in [0.05, 0.1) is 11.1 Å². The number of rotatable bonds is 5. The van der Waals surface area contributed by atoms with Crippen LogP contribution in [0.4, 0.5) is 5.69 Å². The highest BCUT2D eigenvalue weighted by Crippen LogP contribution is 2.33. The summed E-state index contributed by atoms with van der Waals surface area (Å²) in [5, 5.41) is 6.38. The van der Waals surface area contributed by atoms with E-state index >= 15 is 0 Å². The van der Waals surface area contributed by atoms with Crippen LogP contribution >= 0.6 is 22.9 Å². The minimum Gasteiger partial charge on any atom is -0.378 e. The first-order valence-corrected chi connectivity index (χ1v) is 7.62. The van der Waals surface area contributed by atoms with Crippen LogP contribution in [0.2, 0.25) is 5.02 Å². The molecule has 0 saturated carbocycles. The molecular weight excluding hydrogens is 276 g/mol. The maximum Gasteiger partial charge on any atom is 0.0686 e. The average molecular weight is 295 g/mol. The monoisotopic (exact) mass is 294 g/mol. The van der Waals surface area contributed by atoms with Crippen molar-refractivity contribution < 1.29 is 0 Å². The number of hydrogen-bond acceptors (Lipinski definition) is 3. The third kappa shape index (κ3) is 3.30. The van der Waals surface area contributed by atoms with Crippen molar-refractivity contribution in [1.82, 2.24) is 5.32 Å². The molecule has 1 aromatic heterocycles. The molecule has 1 atom stereocenters. The van der Waals surface area contributed by atoms with Gasteiger partial charge in [-0.15, -0.1) is 11.3 Å². The maximum atomic E-state index is 6.26. The van der Waals surface area contributed by atoms with Crippen LogP contribution < -0.4 is 10.2 Å². The highest BCUT2D eigenvalue weighted by molar-refractivity contribution is 7.10. The molecule has 19 heavy (non-hydrogen) atoms. The van der Waals surface area contributed by atoms with Gasteiger partial charge < -0.3 is 10.2 Å². The molecule has 1 heterocycles. The number of benzene rings is 1. The predicted molar refractivity (Wildman–Crippen MR) is 85.6 cm³/mol. The molecule has 0 amide bonds. The highest BCUT2D eigenvalue weighted by Gasteiger charge is 2.17. The van der Waals surface area contributed by atoms with Gasteiger partial charge in [0, 0.05) is 24.7 Å². The van der Waals surface area contributed by atoms with E-state index < -0.39 is 0 Å². The van der Waals surface area contributed by atoms with Crippen LogP contribution in [-0.2, 0) is 0 Å². The van der Waals surface area contributed by atoms with E-state index in [0.717, 1.165) is 11.6 Å². The zero-order valence-electron chi connectivity index (χ0n) is 11.5. The summed E-state index contributed by atoms with van der Waals surface area (Å²) >= 11 is 7.96. The van der Waals surface area contributed by atoms with Crippen LogP contribution in [0.5, 0.6) is 0 Å². The van der Waals surface area contributed by atoms with Crippen molar-refractivity contribution in [2.24, 2.45) is 0 Å². The Labute approximate surface area is 124 Å². The summed E-state index contributed by atoms with van der Waals surface area (Å²) in [6.45, 7) is 3.02. The van der Waals surface area contributed by atoms with Gasteiger partial charge in [0.15, 0.2) is 0 Å². The summed E-state index contributed by atoms with van der Waals surface area (Å²) in [4.78, 5) is 3.28. The van der Waals surface area contributed by atoms with Crippen LogP contribution in [0.15, 0.2) is 35.7 Å². The largest absolute Gasteiger partial charge is 0.378 e. The highest BCUT2D eigenvalue weighted by atomic mass is 35.5. The van der Waals surface area contributed by atoms with Crippen molar-refractivity contribution >= 4 is 28.6 Å². The lowest BCUT2D eigenvalue weighted by Crippen LogP contribution is -2.21. The maximum absolute atomic E-state index is 6.26. The Kier molecular flexibility index (Phi) is 4.86. The van der Waals surface area contributed by atoms with Crippen LogP contribution in [-0.4, -0.2) is 20.6 Å². The fraction of sp³-hybridized carbons (Fsp3) is 0.333. The van der Waals surface area contributed by atoms with Crippen LogP contribution in [0.1, 0.15) is 23.4 Å². The van der Waals surface area contributed by atoms with Crippen LogP contribution in [0.25, 0.3) is 0 Å². The molecule has 102 valence electrons. The molecule has 2 aromatic rings. The van der Waals surface area contributed by atoms with Gasteiger partial charge in [-0.3, -0.25) is 0 Å². The second kappa shape index (κ2) is 6.42. The van der Waals surface area contributed by atoms with Crippen LogP contribution in [0, 0.1) is 0 Å². The number of nitrogens with one attached hydrogen (secondary N) is 1. The topological polar surface area (TPSA) is 15.3 Å². The summed E-state index contributed by atoms with van der Waals surface area (Å²) in [5.41, 5.74) is 2.45. The summed E-state index contributed by atoms with van der Waals surface area (Å²) in [5.74, 6) is 0. The molecule has 0 aliphatic carbocycles. The Bertz CT molecular complexity index is 519. The third-order valence-corrected chi connectivity index (χ3v) is 4.48. The summed E-state index contributed by atoms with van der Waals surface area (Å²) in [6, 6.07) is 10.7. The van der Waals surface area contributed by atoms with Crippen LogP contribution in [0.3, 0.4) is 0 Å². The summed E-state index contributed by atoms with van der Waals surface area (Å²) in [6.07, 6.45) is 0. The van der Waals surface area contributed by atoms with Gasteiger partial charge in [-0.05, 0) is 35.7 Å². The third-order valence-electron chi connectivity index (χ3n) is 3.06. The van der Waals surface area contributed by atoms with Gasteiger partial charge in [0.25, 0.3) is 0 Å². The number of hydrogen-bond donors (Lipinski definition) is 1. The Morgan fingerprint density at radius 2 is 1.89 bits per heavy atom. The van der Waals surface area contributed by atoms with Crippen molar-refractivity contribution in [2.45, 2.75) is 13.0 Å². The quantitative estimate of drug-likeness (QED) is 0.890. The van der Waals surface area contributed by atoms with E-state index in [2.05, 4.69) is 41.4 Å². The van der Waals surface area contributed by atoms with E-state index in [0.29, 0.717) is 0 Å². The lowest BCUT2D eigenvalue weighted by Gasteiger charge is -2.19. The van der Waals surface area contributed by atoms with Crippen molar-refractivity contribution in [3.8, 4) is 0 Å². The lowest BCUT2D eigenvalue weighted by atomic mass is 10.0. The molecule has 4 heteroatoms. The molecular formula is C15H19ClN2S. The smallest absolute Gasteiger partial charge is 0.0686 e.